The van der Waals surface area contributed by atoms with Crippen molar-refractivity contribution in [3.63, 3.8) is 0 Å². The van der Waals surface area contributed by atoms with E-state index in [0.717, 1.165) is 19.3 Å². The zero-order valence-corrected chi connectivity index (χ0v) is 11.5. The maximum Gasteiger partial charge on any atom is 0.192 e. The molecule has 0 fully saturated rings. The van der Waals surface area contributed by atoms with E-state index < -0.39 is 0 Å². The molecular formula is C20H12N+. The highest BCUT2D eigenvalue weighted by molar-refractivity contribution is 6.32. The fraction of sp³-hybridized carbons (Fsp3) is 0.150. The summed E-state index contributed by atoms with van der Waals surface area (Å²) in [5, 5.41) is 9.35. The van der Waals surface area contributed by atoms with E-state index in [1.165, 1.54) is 38.9 Å². The Labute approximate surface area is 121 Å². The molecule has 0 saturated heterocycles. The van der Waals surface area contributed by atoms with Gasteiger partial charge in [0, 0.05) is 22.8 Å². The molecule has 0 unspecified atom stereocenters. The van der Waals surface area contributed by atoms with Gasteiger partial charge >= 0.3 is 0 Å². The van der Waals surface area contributed by atoms with Gasteiger partial charge in [0.25, 0.3) is 0 Å². The molecule has 4 aromatic rings. The van der Waals surface area contributed by atoms with Gasteiger partial charge in [0.1, 0.15) is 0 Å². The van der Waals surface area contributed by atoms with Crippen molar-refractivity contribution >= 4 is 32.3 Å². The summed E-state index contributed by atoms with van der Waals surface area (Å²) in [5.41, 5.74) is 9.04. The average Bonchev–Trinajstić information content (AvgIpc) is 3.14. The molecule has 96 valence electrons. The predicted octanol–water partition coefficient (Wildman–Crippen LogP) is 3.67. The number of pyridine rings is 1. The molecule has 1 N–H and O–H groups in total. The first-order valence-electron chi connectivity index (χ1n) is 7.77. The Bertz CT molecular complexity index is 926. The van der Waals surface area contributed by atoms with E-state index in [1.54, 1.807) is 26.9 Å². The molecule has 3 aliphatic carbocycles. The van der Waals surface area contributed by atoms with Crippen LogP contribution in [-0.2, 0) is 19.3 Å². The van der Waals surface area contributed by atoms with Crippen LogP contribution in [0.5, 0.6) is 0 Å². The number of nitrogens with one attached hydrogen (secondary N) is 1. The Morgan fingerprint density at radius 3 is 1.67 bits per heavy atom. The number of hydrogen-bond acceptors (Lipinski definition) is 0. The van der Waals surface area contributed by atoms with Crippen molar-refractivity contribution in [1.29, 1.82) is 0 Å². The van der Waals surface area contributed by atoms with Crippen LogP contribution < -0.4 is 4.98 Å². The third-order valence-electron chi connectivity index (χ3n) is 5.93. The van der Waals surface area contributed by atoms with Crippen molar-refractivity contribution in [2.75, 3.05) is 0 Å². The van der Waals surface area contributed by atoms with Crippen LogP contribution in [0.2, 0.25) is 0 Å². The molecule has 21 heavy (non-hydrogen) atoms. The van der Waals surface area contributed by atoms with Crippen molar-refractivity contribution in [2.24, 2.45) is 0 Å². The average molecular weight is 266 g/mol. The van der Waals surface area contributed by atoms with Gasteiger partial charge in [0.05, 0.1) is 11.8 Å². The van der Waals surface area contributed by atoms with Crippen molar-refractivity contribution in [2.45, 2.75) is 19.3 Å². The lowest BCUT2D eigenvalue weighted by molar-refractivity contribution is -0.387. The molecule has 0 aliphatic heterocycles. The summed E-state index contributed by atoms with van der Waals surface area (Å²) in [5.74, 6) is 0. The predicted molar refractivity (Wildman–Crippen MR) is 83.9 cm³/mol. The molecule has 0 atom stereocenters. The molecule has 3 aromatic carbocycles. The van der Waals surface area contributed by atoms with Crippen LogP contribution in [0.15, 0.2) is 30.5 Å². The Morgan fingerprint density at radius 2 is 1.00 bits per heavy atom. The van der Waals surface area contributed by atoms with Crippen molar-refractivity contribution in [3.8, 4) is 0 Å². The van der Waals surface area contributed by atoms with Gasteiger partial charge in [-0.25, -0.2) is 4.98 Å². The molecule has 1 aromatic heterocycles. The molecule has 0 amide bonds. The fourth-order valence-electron chi connectivity index (χ4n) is 5.18. The standard InChI is InChI=1S/C20H11N/c1-2-11-6-13-8-21-14-7-12-4-3-10-5-9(1)15-16(10)18(12)20(14)19(13)17(11)15/h1-4,8H,5-7H2/p+1. The van der Waals surface area contributed by atoms with E-state index in [-0.39, 0.29) is 0 Å². The Morgan fingerprint density at radius 1 is 0.524 bits per heavy atom. The molecule has 1 nitrogen and oxygen atoms in total. The van der Waals surface area contributed by atoms with Gasteiger partial charge in [-0.3, -0.25) is 0 Å². The van der Waals surface area contributed by atoms with Crippen molar-refractivity contribution in [3.05, 3.63) is 64.0 Å². The lowest BCUT2D eigenvalue weighted by Gasteiger charge is -2.07. The van der Waals surface area contributed by atoms with Gasteiger partial charge in [-0.1, -0.05) is 24.3 Å². The third kappa shape index (κ3) is 0.811. The van der Waals surface area contributed by atoms with Gasteiger partial charge in [-0.15, -0.1) is 0 Å². The molecule has 0 bridgehead atoms. The Kier molecular flexibility index (Phi) is 1.21. The zero-order chi connectivity index (χ0) is 13.3. The van der Waals surface area contributed by atoms with Crippen LogP contribution in [0, 0.1) is 0 Å². The van der Waals surface area contributed by atoms with Gasteiger partial charge in [-0.05, 0) is 44.8 Å². The topological polar surface area (TPSA) is 14.1 Å². The minimum absolute atomic E-state index is 1.07. The molecular weight excluding hydrogens is 254 g/mol. The van der Waals surface area contributed by atoms with Crippen LogP contribution in [0.25, 0.3) is 32.3 Å². The second kappa shape index (κ2) is 2.67. The summed E-state index contributed by atoms with van der Waals surface area (Å²) in [4.78, 5) is 3.59. The van der Waals surface area contributed by atoms with Crippen LogP contribution >= 0.6 is 0 Å². The third-order valence-corrected chi connectivity index (χ3v) is 5.93. The number of aromatic nitrogens is 1. The minimum atomic E-state index is 1.07. The lowest BCUT2D eigenvalue weighted by Crippen LogP contribution is -2.10. The number of hydrogen-bond donors (Lipinski definition) is 0. The minimum Gasteiger partial charge on any atom is -0.214 e. The van der Waals surface area contributed by atoms with Gasteiger partial charge in [0.15, 0.2) is 11.9 Å². The molecule has 0 saturated carbocycles. The Balaban J connectivity index is 2.04. The molecule has 0 spiro atoms. The van der Waals surface area contributed by atoms with E-state index in [4.69, 9.17) is 0 Å². The largest absolute Gasteiger partial charge is 0.214 e. The fourth-order valence-corrected chi connectivity index (χ4v) is 5.18. The van der Waals surface area contributed by atoms with Gasteiger partial charge < -0.3 is 0 Å². The summed E-state index contributed by atoms with van der Waals surface area (Å²) < 4.78 is 0. The van der Waals surface area contributed by atoms with Gasteiger partial charge in [0.2, 0.25) is 0 Å². The van der Waals surface area contributed by atoms with Gasteiger partial charge in [-0.2, -0.15) is 0 Å². The van der Waals surface area contributed by atoms with E-state index in [9.17, 15) is 0 Å². The number of rotatable bonds is 0. The van der Waals surface area contributed by atoms with E-state index in [1.807, 2.05) is 0 Å². The molecule has 1 heterocycles. The highest BCUT2D eigenvalue weighted by atomic mass is 14.7. The summed E-state index contributed by atoms with van der Waals surface area (Å²) in [6.45, 7) is 0. The zero-order valence-electron chi connectivity index (χ0n) is 11.5. The molecule has 7 rings (SSSR count). The maximum atomic E-state index is 3.59. The van der Waals surface area contributed by atoms with Crippen LogP contribution in [0.1, 0.15) is 33.5 Å². The highest BCUT2D eigenvalue weighted by Gasteiger charge is 2.33. The number of benzene rings is 3. The smallest absolute Gasteiger partial charge is 0.192 e. The first kappa shape index (κ1) is 9.51. The van der Waals surface area contributed by atoms with Crippen LogP contribution in [0.3, 0.4) is 0 Å². The van der Waals surface area contributed by atoms with Crippen LogP contribution in [-0.4, -0.2) is 0 Å². The van der Waals surface area contributed by atoms with Crippen LogP contribution in [0.4, 0.5) is 0 Å². The quantitative estimate of drug-likeness (QED) is 0.372. The lowest BCUT2D eigenvalue weighted by atomic mass is 9.95. The first-order valence-corrected chi connectivity index (χ1v) is 7.77. The molecule has 1 heteroatoms. The van der Waals surface area contributed by atoms with E-state index in [2.05, 4.69) is 35.4 Å². The molecule has 0 radical (unpaired) electrons. The maximum absolute atomic E-state index is 3.59. The highest BCUT2D eigenvalue weighted by Crippen LogP contribution is 2.51. The second-order valence-corrected chi connectivity index (χ2v) is 6.84. The first-order chi connectivity index (χ1) is 10.4. The summed E-state index contributed by atoms with van der Waals surface area (Å²) in [6.07, 6.45) is 5.55. The van der Waals surface area contributed by atoms with Crippen molar-refractivity contribution < 1.29 is 4.98 Å². The number of aromatic amines is 1. The Hall–Kier alpha value is -2.41. The monoisotopic (exact) mass is 266 g/mol. The normalized spacial score (nSPS) is 16.0. The van der Waals surface area contributed by atoms with E-state index >= 15 is 0 Å². The second-order valence-electron chi connectivity index (χ2n) is 6.84. The number of H-pyrrole nitrogens is 1. The SMILES string of the molecule is c1cc2c3c4c1Cc1ccc5c(c14)c1c([nH+]cc(c31)C2)C5. The summed E-state index contributed by atoms with van der Waals surface area (Å²) >= 11 is 0. The summed E-state index contributed by atoms with van der Waals surface area (Å²) in [7, 11) is 0. The summed E-state index contributed by atoms with van der Waals surface area (Å²) in [6, 6.07) is 9.47. The van der Waals surface area contributed by atoms with Crippen molar-refractivity contribution in [1.82, 2.24) is 0 Å². The molecule has 3 aliphatic rings. The van der Waals surface area contributed by atoms with E-state index in [0.29, 0.717) is 0 Å².